The van der Waals surface area contributed by atoms with Crippen molar-refractivity contribution in [1.29, 1.82) is 0 Å². The van der Waals surface area contributed by atoms with Crippen molar-refractivity contribution >= 4 is 35.8 Å². The number of guanidine groups is 1. The minimum absolute atomic E-state index is 0. The number of hydrogen-bond acceptors (Lipinski definition) is 2. The summed E-state index contributed by atoms with van der Waals surface area (Å²) in [5.74, 6) is 1.70. The van der Waals surface area contributed by atoms with Crippen LogP contribution in [0.3, 0.4) is 0 Å². The third kappa shape index (κ3) is 8.07. The van der Waals surface area contributed by atoms with Crippen LogP contribution >= 0.6 is 24.0 Å². The average Bonchev–Trinajstić information content (AvgIpc) is 2.62. The van der Waals surface area contributed by atoms with E-state index in [0.29, 0.717) is 18.2 Å². The van der Waals surface area contributed by atoms with Gasteiger partial charge in [0.25, 0.3) is 5.91 Å². The van der Waals surface area contributed by atoms with Crippen LogP contribution in [-0.4, -0.2) is 38.0 Å². The Hall–Kier alpha value is -1.31. The number of benzene rings is 1. The maximum Gasteiger partial charge on any atom is 0.251 e. The summed E-state index contributed by atoms with van der Waals surface area (Å²) in [6.07, 6.45) is 5.88. The zero-order valence-corrected chi connectivity index (χ0v) is 17.6. The van der Waals surface area contributed by atoms with Gasteiger partial charge in [-0.05, 0) is 50.2 Å². The first-order chi connectivity index (χ1) is 11.7. The number of halogens is 1. The van der Waals surface area contributed by atoms with Gasteiger partial charge in [0.1, 0.15) is 0 Å². The SMILES string of the molecule is CN=C(NCCCNC(=O)c1ccccc1)NC1CCC(C)CC1.I. The average molecular weight is 458 g/mol. The highest BCUT2D eigenvalue weighted by molar-refractivity contribution is 14.0. The third-order valence-electron chi connectivity index (χ3n) is 4.55. The summed E-state index contributed by atoms with van der Waals surface area (Å²) in [6, 6.07) is 9.84. The molecule has 0 aliphatic heterocycles. The Kier molecular flexibility index (Phi) is 10.5. The van der Waals surface area contributed by atoms with Crippen molar-refractivity contribution in [2.45, 2.75) is 45.1 Å². The molecule has 1 aromatic carbocycles. The normalized spacial score (nSPS) is 20.3. The van der Waals surface area contributed by atoms with Crippen LogP contribution in [0.15, 0.2) is 35.3 Å². The van der Waals surface area contributed by atoms with E-state index in [1.165, 1.54) is 25.7 Å². The van der Waals surface area contributed by atoms with Crippen LogP contribution in [0.25, 0.3) is 0 Å². The minimum Gasteiger partial charge on any atom is -0.356 e. The van der Waals surface area contributed by atoms with Crippen molar-refractivity contribution in [3.8, 4) is 0 Å². The fraction of sp³-hybridized carbons (Fsp3) is 0.579. The number of aliphatic imine (C=N–C) groups is 1. The van der Waals surface area contributed by atoms with Gasteiger partial charge in [-0.2, -0.15) is 0 Å². The molecule has 0 aromatic heterocycles. The number of amides is 1. The topological polar surface area (TPSA) is 65.5 Å². The molecule has 1 saturated carbocycles. The van der Waals surface area contributed by atoms with Gasteiger partial charge in [0.05, 0.1) is 0 Å². The van der Waals surface area contributed by atoms with Gasteiger partial charge in [-0.3, -0.25) is 9.79 Å². The fourth-order valence-electron chi connectivity index (χ4n) is 2.98. The molecule has 1 amide bonds. The Bertz CT molecular complexity index is 527. The van der Waals surface area contributed by atoms with E-state index < -0.39 is 0 Å². The van der Waals surface area contributed by atoms with E-state index in [9.17, 15) is 4.79 Å². The highest BCUT2D eigenvalue weighted by Crippen LogP contribution is 2.23. The van der Waals surface area contributed by atoms with Gasteiger partial charge in [0, 0.05) is 31.7 Å². The second-order valence-electron chi connectivity index (χ2n) is 6.58. The van der Waals surface area contributed by atoms with Crippen LogP contribution in [-0.2, 0) is 0 Å². The molecule has 1 aliphatic rings. The van der Waals surface area contributed by atoms with Gasteiger partial charge in [0.2, 0.25) is 0 Å². The lowest BCUT2D eigenvalue weighted by atomic mass is 9.87. The van der Waals surface area contributed by atoms with E-state index in [-0.39, 0.29) is 29.9 Å². The molecular formula is C19H31IN4O. The Labute approximate surface area is 168 Å². The molecule has 0 heterocycles. The van der Waals surface area contributed by atoms with Gasteiger partial charge in [-0.25, -0.2) is 0 Å². The molecule has 0 radical (unpaired) electrons. The first kappa shape index (κ1) is 21.7. The van der Waals surface area contributed by atoms with Crippen molar-refractivity contribution < 1.29 is 4.79 Å². The lowest BCUT2D eigenvalue weighted by Crippen LogP contribution is -2.45. The van der Waals surface area contributed by atoms with Gasteiger partial charge in [0.15, 0.2) is 5.96 Å². The second-order valence-corrected chi connectivity index (χ2v) is 6.58. The summed E-state index contributed by atoms with van der Waals surface area (Å²) in [7, 11) is 1.80. The van der Waals surface area contributed by atoms with Crippen molar-refractivity contribution in [2.75, 3.05) is 20.1 Å². The predicted octanol–water partition coefficient (Wildman–Crippen LogP) is 3.17. The molecule has 0 unspecified atom stereocenters. The zero-order valence-electron chi connectivity index (χ0n) is 15.3. The highest BCUT2D eigenvalue weighted by Gasteiger charge is 2.18. The molecule has 1 fully saturated rings. The lowest BCUT2D eigenvalue weighted by molar-refractivity contribution is 0.0953. The van der Waals surface area contributed by atoms with Crippen LogP contribution in [0.1, 0.15) is 49.4 Å². The van der Waals surface area contributed by atoms with E-state index in [4.69, 9.17) is 0 Å². The predicted molar refractivity (Wildman–Crippen MR) is 115 cm³/mol. The molecule has 1 aromatic rings. The molecule has 3 N–H and O–H groups in total. The molecular weight excluding hydrogens is 427 g/mol. The van der Waals surface area contributed by atoms with E-state index >= 15 is 0 Å². The lowest BCUT2D eigenvalue weighted by Gasteiger charge is -2.28. The first-order valence-corrected chi connectivity index (χ1v) is 8.99. The Morgan fingerprint density at radius 3 is 2.36 bits per heavy atom. The van der Waals surface area contributed by atoms with Crippen LogP contribution in [0, 0.1) is 5.92 Å². The molecule has 0 saturated heterocycles. The van der Waals surface area contributed by atoms with E-state index in [0.717, 1.165) is 24.8 Å². The summed E-state index contributed by atoms with van der Waals surface area (Å²) >= 11 is 0. The molecule has 5 nitrogen and oxygen atoms in total. The maximum atomic E-state index is 11.9. The summed E-state index contributed by atoms with van der Waals surface area (Å²) in [4.78, 5) is 16.2. The number of carbonyl (C=O) groups excluding carboxylic acids is 1. The largest absolute Gasteiger partial charge is 0.356 e. The number of rotatable bonds is 6. The molecule has 0 spiro atoms. The molecule has 25 heavy (non-hydrogen) atoms. The molecule has 6 heteroatoms. The number of hydrogen-bond donors (Lipinski definition) is 3. The minimum atomic E-state index is -0.0190. The van der Waals surface area contributed by atoms with Crippen molar-refractivity contribution in [3.05, 3.63) is 35.9 Å². The third-order valence-corrected chi connectivity index (χ3v) is 4.55. The molecule has 2 rings (SSSR count). The summed E-state index contributed by atoms with van der Waals surface area (Å²) in [5, 5.41) is 9.77. The first-order valence-electron chi connectivity index (χ1n) is 8.99. The van der Waals surface area contributed by atoms with Crippen LogP contribution in [0.4, 0.5) is 0 Å². The quantitative estimate of drug-likeness (QED) is 0.266. The van der Waals surface area contributed by atoms with E-state index in [1.807, 2.05) is 30.3 Å². The van der Waals surface area contributed by atoms with E-state index in [2.05, 4.69) is 27.9 Å². The molecule has 1 aliphatic carbocycles. The van der Waals surface area contributed by atoms with Crippen LogP contribution in [0.5, 0.6) is 0 Å². The molecule has 0 bridgehead atoms. The van der Waals surface area contributed by atoms with Gasteiger partial charge in [-0.1, -0.05) is 25.1 Å². The van der Waals surface area contributed by atoms with Gasteiger partial charge >= 0.3 is 0 Å². The second kappa shape index (κ2) is 12.1. The zero-order chi connectivity index (χ0) is 17.2. The van der Waals surface area contributed by atoms with Crippen molar-refractivity contribution in [2.24, 2.45) is 10.9 Å². The Balaban J connectivity index is 0.00000312. The van der Waals surface area contributed by atoms with Crippen molar-refractivity contribution in [1.82, 2.24) is 16.0 Å². The van der Waals surface area contributed by atoms with Gasteiger partial charge < -0.3 is 16.0 Å². The monoisotopic (exact) mass is 458 g/mol. The summed E-state index contributed by atoms with van der Waals surface area (Å²) in [6.45, 7) is 3.77. The number of nitrogens with zero attached hydrogens (tertiary/aromatic N) is 1. The standard InChI is InChI=1S/C19H30N4O.HI/c1-15-9-11-17(12-10-15)23-19(20-2)22-14-6-13-21-18(24)16-7-4-3-5-8-16;/h3-5,7-8,15,17H,6,9-14H2,1-2H3,(H,21,24)(H2,20,22,23);1H. The number of carbonyl (C=O) groups is 1. The van der Waals surface area contributed by atoms with Gasteiger partial charge in [-0.15, -0.1) is 24.0 Å². The van der Waals surface area contributed by atoms with Crippen molar-refractivity contribution in [3.63, 3.8) is 0 Å². The van der Waals surface area contributed by atoms with E-state index in [1.54, 1.807) is 7.05 Å². The molecule has 140 valence electrons. The maximum absolute atomic E-state index is 11.9. The fourth-order valence-corrected chi connectivity index (χ4v) is 2.98. The van der Waals surface area contributed by atoms with Crippen LogP contribution in [0.2, 0.25) is 0 Å². The van der Waals surface area contributed by atoms with Crippen LogP contribution < -0.4 is 16.0 Å². The smallest absolute Gasteiger partial charge is 0.251 e. The Morgan fingerprint density at radius 2 is 1.72 bits per heavy atom. The summed E-state index contributed by atoms with van der Waals surface area (Å²) < 4.78 is 0. The summed E-state index contributed by atoms with van der Waals surface area (Å²) in [5.41, 5.74) is 0.703. The number of nitrogens with one attached hydrogen (secondary N) is 3. The molecule has 0 atom stereocenters. The Morgan fingerprint density at radius 1 is 1.08 bits per heavy atom. The highest BCUT2D eigenvalue weighted by atomic mass is 127.